The van der Waals surface area contributed by atoms with Crippen molar-refractivity contribution in [1.82, 2.24) is 10.6 Å². The molecule has 4 unspecified atom stereocenters. The summed E-state index contributed by atoms with van der Waals surface area (Å²) in [6.45, 7) is 26.2. The maximum Gasteiger partial charge on any atom is 0.0508 e. The van der Waals surface area contributed by atoms with Crippen LogP contribution in [0.3, 0.4) is 0 Å². The summed E-state index contributed by atoms with van der Waals surface area (Å²) < 4.78 is 0. The molecule has 0 spiro atoms. The first-order chi connectivity index (χ1) is 21.6. The molecule has 0 amide bonds. The zero-order chi connectivity index (χ0) is 33.1. The molecule has 4 saturated carbocycles. The van der Waals surface area contributed by atoms with Crippen LogP contribution in [0.5, 0.6) is 0 Å². The van der Waals surface area contributed by atoms with Gasteiger partial charge < -0.3 is 41.0 Å². The van der Waals surface area contributed by atoms with E-state index in [1.165, 1.54) is 44.9 Å². The normalized spacial score (nSPS) is 32.4. The predicted molar refractivity (Wildman–Crippen MR) is 215 cm³/mol. The summed E-state index contributed by atoms with van der Waals surface area (Å²) in [7, 11) is 0.368. The third kappa shape index (κ3) is 7.94. The van der Waals surface area contributed by atoms with Gasteiger partial charge in [0, 0.05) is 42.4 Å². The average Bonchev–Trinajstić information content (AvgIpc) is 3.79. The summed E-state index contributed by atoms with van der Waals surface area (Å²) in [4.78, 5) is 0. The van der Waals surface area contributed by atoms with E-state index in [4.69, 9.17) is 0 Å². The minimum atomic E-state index is -1.58. The number of hydrogen-bond acceptors (Lipinski definition) is 2. The Morgan fingerprint density at radius 1 is 0.787 bits per heavy atom. The molecule has 7 heteroatoms. The van der Waals surface area contributed by atoms with Crippen molar-refractivity contribution < 1.29 is 17.1 Å². The van der Waals surface area contributed by atoms with Crippen LogP contribution in [0, 0.1) is 23.7 Å². The van der Waals surface area contributed by atoms with Crippen molar-refractivity contribution in [3.63, 3.8) is 0 Å². The third-order valence-electron chi connectivity index (χ3n) is 12.8. The molecule has 8 rings (SSSR count). The van der Waals surface area contributed by atoms with Crippen molar-refractivity contribution in [2.24, 2.45) is 23.7 Å². The Labute approximate surface area is 306 Å². The molecule has 2 N–H and O–H groups in total. The van der Waals surface area contributed by atoms with E-state index in [-0.39, 0.29) is 30.1 Å². The standard InChI is InChI=1S/C35H63N2P2Si2.C5H5.Fe/c1-34(2,3)39(32-25-17-23-16-24(19-25)20-26(32)18-23)22-27-28(21-29(40(4,5)6)33(27)41(7,8)9)35(38,30-12-10-14-36-30)31-13-11-15-37-31;1-2-4-5-3-1;/h21,23-26,30-32,36-37H,10-20,22,38H2,1-9H3;1-5H;/q-1;-5;. The van der Waals surface area contributed by atoms with Crippen molar-refractivity contribution >= 4 is 43.7 Å². The minimum Gasteiger partial charge on any atom is -0.748 e. The predicted octanol–water partition coefficient (Wildman–Crippen LogP) is 9.08. The maximum atomic E-state index is 4.06. The van der Waals surface area contributed by atoms with Crippen LogP contribution >= 0.6 is 17.2 Å². The van der Waals surface area contributed by atoms with Gasteiger partial charge in [0.25, 0.3) is 0 Å². The molecule has 4 bridgehead atoms. The van der Waals surface area contributed by atoms with E-state index in [0.717, 1.165) is 29.3 Å². The van der Waals surface area contributed by atoms with E-state index in [1.807, 2.05) is 46.3 Å². The first-order valence-electron chi connectivity index (χ1n) is 19.1. The van der Waals surface area contributed by atoms with Crippen LogP contribution in [0.4, 0.5) is 0 Å². The fraction of sp³-hybridized carbons (Fsp3) is 0.750. The van der Waals surface area contributed by atoms with Gasteiger partial charge in [0.05, 0.1) is 8.07 Å². The molecular weight excluding hydrogens is 682 g/mol. The van der Waals surface area contributed by atoms with E-state index in [2.05, 4.69) is 86.0 Å². The molecule has 270 valence electrons. The Hall–Kier alpha value is 0.433. The van der Waals surface area contributed by atoms with Crippen molar-refractivity contribution in [1.29, 1.82) is 0 Å². The summed E-state index contributed by atoms with van der Waals surface area (Å²) in [5.74, 6) is 4.18. The van der Waals surface area contributed by atoms with Crippen molar-refractivity contribution in [2.45, 2.75) is 152 Å². The van der Waals surface area contributed by atoms with Gasteiger partial charge in [0.15, 0.2) is 0 Å². The van der Waals surface area contributed by atoms with Gasteiger partial charge in [-0.1, -0.05) is 66.2 Å². The molecule has 47 heavy (non-hydrogen) atoms. The van der Waals surface area contributed by atoms with Crippen LogP contribution in [0.15, 0.2) is 36.4 Å². The summed E-state index contributed by atoms with van der Waals surface area (Å²) >= 11 is 0. The fourth-order valence-electron chi connectivity index (χ4n) is 11.1. The molecule has 2 aromatic carbocycles. The Bertz CT molecular complexity index is 1230. The zero-order valence-electron chi connectivity index (χ0n) is 31.4. The third-order valence-corrected chi connectivity index (χ3v) is 22.2. The first-order valence-corrected chi connectivity index (χ1v) is 28.3. The summed E-state index contributed by atoms with van der Waals surface area (Å²) in [6.07, 6.45) is 14.5. The van der Waals surface area contributed by atoms with Gasteiger partial charge in [-0.25, -0.2) is 11.3 Å². The molecule has 2 nitrogen and oxygen atoms in total. The average molecular weight is 751 g/mol. The molecule has 2 heterocycles. The smallest absolute Gasteiger partial charge is 0.0508 e. The van der Waals surface area contributed by atoms with Gasteiger partial charge in [-0.05, 0) is 105 Å². The molecule has 6 aliphatic rings. The second-order valence-corrected chi connectivity index (χ2v) is 33.4. The van der Waals surface area contributed by atoms with Crippen LogP contribution in [0.1, 0.15) is 89.7 Å². The van der Waals surface area contributed by atoms with Crippen molar-refractivity contribution in [3.8, 4) is 0 Å². The van der Waals surface area contributed by atoms with Gasteiger partial charge in [-0.3, -0.25) is 0 Å². The van der Waals surface area contributed by atoms with E-state index in [1.54, 1.807) is 37.7 Å². The Kier molecular flexibility index (Phi) is 12.2. The van der Waals surface area contributed by atoms with E-state index >= 15 is 0 Å². The molecule has 2 aliphatic heterocycles. The van der Waals surface area contributed by atoms with Gasteiger partial charge in [-0.15, -0.1) is 22.7 Å². The van der Waals surface area contributed by atoms with E-state index in [9.17, 15) is 0 Å². The van der Waals surface area contributed by atoms with E-state index in [0.29, 0.717) is 17.2 Å². The molecule has 4 aliphatic carbocycles. The fourth-order valence-corrected chi connectivity index (χ4v) is 21.6. The summed E-state index contributed by atoms with van der Waals surface area (Å²) in [5.41, 5.74) is 4.66. The quantitative estimate of drug-likeness (QED) is 0.160. The molecule has 2 aromatic rings. The molecular formula is C40H68FeN2P2Si2-6. The second kappa shape index (κ2) is 14.8. The van der Waals surface area contributed by atoms with Crippen molar-refractivity contribution in [3.05, 3.63) is 47.5 Å². The summed E-state index contributed by atoms with van der Waals surface area (Å²) in [5, 5.41) is 12.4. The first kappa shape index (κ1) is 38.7. The van der Waals surface area contributed by atoms with Crippen LogP contribution in [-0.2, 0) is 28.4 Å². The molecule has 4 atom stereocenters. The molecule has 6 fully saturated rings. The largest absolute Gasteiger partial charge is 0.748 e. The van der Waals surface area contributed by atoms with Gasteiger partial charge >= 0.3 is 0 Å². The number of hydrogen-bond donors (Lipinski definition) is 2. The summed E-state index contributed by atoms with van der Waals surface area (Å²) in [6, 6.07) is 14.0. The van der Waals surface area contributed by atoms with Gasteiger partial charge in [-0.2, -0.15) is 10.8 Å². The molecule has 0 radical (unpaired) electrons. The number of rotatable bonds is 8. The minimum absolute atomic E-state index is 0. The van der Waals surface area contributed by atoms with Gasteiger partial charge in [0.1, 0.15) is 0 Å². The Morgan fingerprint density at radius 3 is 1.62 bits per heavy atom. The monoisotopic (exact) mass is 750 g/mol. The zero-order valence-corrected chi connectivity index (χ0v) is 36.5. The Balaban J connectivity index is 0.000000662. The molecule has 2 saturated heterocycles. The topological polar surface area (TPSA) is 24.1 Å². The van der Waals surface area contributed by atoms with Crippen molar-refractivity contribution in [2.75, 3.05) is 13.1 Å². The van der Waals surface area contributed by atoms with E-state index < -0.39 is 16.1 Å². The maximum absolute atomic E-state index is 4.06. The van der Waals surface area contributed by atoms with Gasteiger partial charge in [0.2, 0.25) is 0 Å². The van der Waals surface area contributed by atoms with Crippen LogP contribution in [0.25, 0.3) is 0 Å². The second-order valence-electron chi connectivity index (χ2n) is 19.2. The Morgan fingerprint density at radius 2 is 1.26 bits per heavy atom. The number of nitrogens with one attached hydrogen (secondary N) is 2. The molecule has 0 aromatic heterocycles. The van der Waals surface area contributed by atoms with Crippen LogP contribution < -0.4 is 21.0 Å². The van der Waals surface area contributed by atoms with Crippen LogP contribution in [-0.4, -0.2) is 52.1 Å². The SMILES string of the molecule is CC(C)(C)P(C[c-]1c(C(P)(C2CCCN2)C2CCCN2)cc([Si](C)(C)C)c1[Si](C)(C)C)C1C2CC3CC(C2)CC1C3.[Fe].[cH-]1[cH-][cH-][cH-][cH-]1. The van der Waals surface area contributed by atoms with Crippen LogP contribution in [0.2, 0.25) is 39.3 Å².